The van der Waals surface area contributed by atoms with Crippen LogP contribution in [0.5, 0.6) is 0 Å². The van der Waals surface area contributed by atoms with Crippen molar-refractivity contribution in [2.45, 2.75) is 0 Å². The van der Waals surface area contributed by atoms with Crippen LogP contribution >= 0.6 is 0 Å². The predicted molar refractivity (Wildman–Crippen MR) is 600 cm³/mol. The van der Waals surface area contributed by atoms with E-state index in [0.29, 0.717) is 105 Å². The van der Waals surface area contributed by atoms with Gasteiger partial charge in [0.1, 0.15) is 33.5 Å². The minimum atomic E-state index is -0.438. The minimum Gasteiger partial charge on any atom is -0.456 e. The smallest absolute Gasteiger partial charge is 0.136 e. The van der Waals surface area contributed by atoms with Crippen LogP contribution in [0.3, 0.4) is 0 Å². The van der Waals surface area contributed by atoms with Crippen LogP contribution in [0.2, 0.25) is 0 Å². The first-order valence-electron chi connectivity index (χ1n) is 58.6. The van der Waals surface area contributed by atoms with Gasteiger partial charge in [-0.15, -0.1) is 0 Å². The Morgan fingerprint density at radius 3 is 0.908 bits per heavy atom. The summed E-state index contributed by atoms with van der Waals surface area (Å²) in [5.74, 6) is 0. The normalized spacial score (nSPS) is 14.2. The summed E-state index contributed by atoms with van der Waals surface area (Å²) in [4.78, 5) is 0. The van der Waals surface area contributed by atoms with Crippen LogP contribution in [0, 0.1) is 0 Å². The fraction of sp³-hybridized carbons (Fsp3) is 0. The van der Waals surface area contributed by atoms with Gasteiger partial charge in [-0.2, -0.15) is 0 Å². The molecule has 0 bridgehead atoms. The van der Waals surface area contributed by atoms with E-state index in [4.69, 9.17) is 29.7 Å². The topological polar surface area (TPSA) is 39.4 Å². The maximum absolute atomic E-state index is 9.41. The zero-order chi connectivity index (χ0) is 114. The molecule has 654 valence electrons. The Labute approximate surface area is 845 Å². The van der Waals surface area contributed by atoms with Crippen molar-refractivity contribution in [3.63, 3.8) is 0 Å². The predicted octanol–water partition coefficient (Wildman–Crippen LogP) is 39.6. The van der Waals surface area contributed by atoms with Crippen molar-refractivity contribution in [1.82, 2.24) is 0 Å². The fourth-order valence-electron chi connectivity index (χ4n) is 21.7. The van der Waals surface area contributed by atoms with Gasteiger partial charge in [0.25, 0.3) is 0 Å². The molecule has 3 heterocycles. The second kappa shape index (κ2) is 33.2. The number of benzene rings is 27. The molecular weight excluding hydrogens is 1710 g/mol. The average Bonchev–Trinajstić information content (AvgIpc) is 1.54. The van der Waals surface area contributed by atoms with Crippen molar-refractivity contribution in [2.75, 3.05) is 0 Å². The Hall–Kier alpha value is -18.5. The SMILES string of the molecule is [2H]c1c([2H])c([2H])c2c(-c3ccc4oc5cc(-c6cc7ccccc7c7ccccc67)ccc5c4c3)c3c([2H])c([2H])c([2H])c([2H])c3c(-c3ccccc3)c2c1[2H].[2H]c1c([2H])c([2H])c2c(-c3cccc4oc5ccc(-c6ccc7c(ccc8ccccc87)c6)cc5c34)c3c([2H])c([2H])c([2H])c([2H])c3c(-c3ccccc3)c2c1[2H].[2H]c1c([2H])c([2H])c2c(-c3cccc4oc5cccc(-c6ccc7c(ccc8ccccc87)c6)c5c34)c3c([2H])c([2H])c([2H])c([2H])c3c(-c3ccccc3)c2c1[2H]. The Bertz CT molecular complexity index is 11800. The number of fused-ring (bicyclic) bond motifs is 24. The highest BCUT2D eigenvalue weighted by Gasteiger charge is 2.27. The van der Waals surface area contributed by atoms with Crippen molar-refractivity contribution >= 4 is 195 Å². The first-order chi connectivity index (χ1) is 79.9. The van der Waals surface area contributed by atoms with Crippen molar-refractivity contribution in [3.05, 3.63) is 509 Å². The summed E-state index contributed by atoms with van der Waals surface area (Å²) in [5, 5.41) is 20.4. The summed E-state index contributed by atoms with van der Waals surface area (Å²) in [6.45, 7) is 0. The molecule has 0 N–H and O–H groups in total. The fourth-order valence-corrected chi connectivity index (χ4v) is 21.7. The van der Waals surface area contributed by atoms with E-state index in [2.05, 4.69) is 140 Å². The molecule has 0 radical (unpaired) electrons. The molecule has 0 unspecified atom stereocenters. The van der Waals surface area contributed by atoms with Crippen LogP contribution in [0.4, 0.5) is 0 Å². The van der Waals surface area contributed by atoms with Gasteiger partial charge in [-0.05, 0) is 302 Å². The van der Waals surface area contributed by atoms with Crippen LogP contribution < -0.4 is 0 Å². The third-order valence-electron chi connectivity index (χ3n) is 27.8. The van der Waals surface area contributed by atoms with E-state index in [-0.39, 0.29) is 143 Å². The van der Waals surface area contributed by atoms with Crippen molar-refractivity contribution in [2.24, 2.45) is 0 Å². The molecule has 27 aromatic carbocycles. The highest BCUT2D eigenvalue weighted by Crippen LogP contribution is 2.53. The summed E-state index contributed by atoms with van der Waals surface area (Å²) in [7, 11) is 0. The monoisotopic (exact) mass is 1810 g/mol. The van der Waals surface area contributed by atoms with Gasteiger partial charge in [0.2, 0.25) is 0 Å². The molecule has 0 spiro atoms. The molecular formula is C138H84O3. The van der Waals surface area contributed by atoms with Gasteiger partial charge in [-0.1, -0.05) is 436 Å². The maximum atomic E-state index is 9.41. The molecule has 0 fully saturated rings. The quantitative estimate of drug-likeness (QED) is 0.107. The lowest BCUT2D eigenvalue weighted by molar-refractivity contribution is 0.668. The lowest BCUT2D eigenvalue weighted by Gasteiger charge is -2.18. The molecule has 0 amide bonds. The molecule has 0 saturated carbocycles. The number of hydrogen-bond donors (Lipinski definition) is 0. The third-order valence-corrected chi connectivity index (χ3v) is 27.8. The molecule has 0 saturated heterocycles. The van der Waals surface area contributed by atoms with E-state index in [1.54, 1.807) is 91.0 Å². The Morgan fingerprint density at radius 1 is 0.128 bits per heavy atom. The van der Waals surface area contributed by atoms with Crippen LogP contribution in [-0.4, -0.2) is 0 Å². The molecule has 30 rings (SSSR count). The van der Waals surface area contributed by atoms with Crippen molar-refractivity contribution in [3.8, 4) is 100 Å². The molecule has 0 aliphatic heterocycles. The number of furan rings is 3. The standard InChI is InChI=1S/3C46H28O/c1-2-13-30(14-3-1)43-36-16-6-8-18-38(36)44(39-19-9-7-17-37(39)43)40-21-11-23-42-46(40)45-35(20-10-22-41(45)47-42)32-26-27-34-31(28-32)25-24-29-12-4-5-15-33(29)34;1-2-12-30(13-3-1)44-36-15-6-8-17-38(36)45(39-18-9-7-16-37(39)44)40-19-10-20-43-46(40)41-28-32(24-26-42(41)47-43)31-23-25-35-33(27-31)22-21-29-11-4-5-14-34(29)35;1-2-12-29(13-3-1)45-37-18-8-10-20-39(37)46(40-21-11-9-19-38(40)45)32-23-25-43-42(27-32)36-24-22-31(28-44(36)47-43)41-26-30-14-4-5-15-33(30)34-16-6-7-17-35(34)41/h3*1-28H/i6D,7D,8D,9D,16D,17D,18D,19D;6D,7D,8D,9D,15D,16D,17D,18D;8D,9D,10D,11D,18D,19D,20D,21D. The summed E-state index contributed by atoms with van der Waals surface area (Å²) in [6, 6.07) is 110. The molecule has 3 heteroatoms. The minimum absolute atomic E-state index is 0.166. The van der Waals surface area contributed by atoms with Gasteiger partial charge in [0, 0.05) is 32.3 Å². The average molecular weight is 1810 g/mol. The largest absolute Gasteiger partial charge is 0.456 e. The van der Waals surface area contributed by atoms with Crippen LogP contribution in [0.25, 0.3) is 295 Å². The van der Waals surface area contributed by atoms with Gasteiger partial charge in [0.15, 0.2) is 0 Å². The van der Waals surface area contributed by atoms with E-state index in [1.165, 1.54) is 21.5 Å². The molecule has 30 aromatic rings. The molecule has 3 nitrogen and oxygen atoms in total. The zero-order valence-electron chi connectivity index (χ0n) is 98.9. The van der Waals surface area contributed by atoms with Gasteiger partial charge < -0.3 is 13.3 Å². The second-order valence-corrected chi connectivity index (χ2v) is 35.5. The number of rotatable bonds is 9. The molecule has 0 aliphatic carbocycles. The first kappa shape index (κ1) is 60.0. The molecule has 3 aromatic heterocycles. The lowest BCUT2D eigenvalue weighted by atomic mass is 9.84. The Balaban J connectivity index is 0.000000116. The lowest BCUT2D eigenvalue weighted by Crippen LogP contribution is -1.91. The van der Waals surface area contributed by atoms with Crippen LogP contribution in [0.1, 0.15) is 32.9 Å². The van der Waals surface area contributed by atoms with Gasteiger partial charge in [-0.3, -0.25) is 0 Å². The second-order valence-electron chi connectivity index (χ2n) is 35.5. The van der Waals surface area contributed by atoms with E-state index in [0.717, 1.165) is 98.0 Å². The summed E-state index contributed by atoms with van der Waals surface area (Å²) in [6.07, 6.45) is 0. The Morgan fingerprint density at radius 2 is 0.426 bits per heavy atom. The summed E-state index contributed by atoms with van der Waals surface area (Å²) in [5.41, 5.74) is 14.6. The van der Waals surface area contributed by atoms with E-state index in [9.17, 15) is 16.4 Å². The van der Waals surface area contributed by atoms with Crippen molar-refractivity contribution < 1.29 is 46.1 Å². The first-order valence-corrected chi connectivity index (χ1v) is 46.6. The van der Waals surface area contributed by atoms with E-state index in [1.807, 2.05) is 133 Å². The Kier molecular flexibility index (Phi) is 14.1. The number of hydrogen-bond acceptors (Lipinski definition) is 3. The van der Waals surface area contributed by atoms with Crippen LogP contribution in [0.15, 0.2) is 522 Å². The molecule has 0 aliphatic rings. The van der Waals surface area contributed by atoms with Crippen molar-refractivity contribution in [1.29, 1.82) is 0 Å². The highest BCUT2D eigenvalue weighted by molar-refractivity contribution is 6.30. The maximum Gasteiger partial charge on any atom is 0.136 e. The van der Waals surface area contributed by atoms with E-state index < -0.39 is 72.5 Å². The third kappa shape index (κ3) is 13.3. The van der Waals surface area contributed by atoms with Gasteiger partial charge in [-0.25, -0.2) is 0 Å². The summed E-state index contributed by atoms with van der Waals surface area (Å²) < 4.78 is 236. The molecule has 0 atom stereocenters. The van der Waals surface area contributed by atoms with E-state index >= 15 is 0 Å². The summed E-state index contributed by atoms with van der Waals surface area (Å²) >= 11 is 0. The highest BCUT2D eigenvalue weighted by atomic mass is 16.3. The van der Waals surface area contributed by atoms with Crippen LogP contribution in [-0.2, 0) is 0 Å². The molecule has 141 heavy (non-hydrogen) atoms. The zero-order valence-corrected chi connectivity index (χ0v) is 74.9. The van der Waals surface area contributed by atoms with Gasteiger partial charge >= 0.3 is 0 Å². The van der Waals surface area contributed by atoms with Gasteiger partial charge in [0.05, 0.1) is 32.9 Å².